The largest absolute Gasteiger partial charge is 0.480 e. The number of aliphatic carboxylic acids is 1. The van der Waals surface area contributed by atoms with Gasteiger partial charge in [-0.15, -0.1) is 0 Å². The Morgan fingerprint density at radius 3 is 3.00 bits per heavy atom. The van der Waals surface area contributed by atoms with E-state index in [4.69, 9.17) is 4.74 Å². The minimum absolute atomic E-state index is 0.0590. The van der Waals surface area contributed by atoms with Crippen LogP contribution in [-0.2, 0) is 9.53 Å². The number of hydrogen-bond donors (Lipinski definition) is 1. The van der Waals surface area contributed by atoms with Gasteiger partial charge in [0.25, 0.3) is 5.91 Å². The number of rotatable bonds is 2. The first-order chi connectivity index (χ1) is 10.6. The molecule has 1 N–H and O–H groups in total. The van der Waals surface area contributed by atoms with E-state index >= 15 is 0 Å². The number of aromatic nitrogens is 1. The molecule has 7 heteroatoms. The molecule has 2 aromatic rings. The number of carboxylic acids is 1. The third kappa shape index (κ3) is 2.50. The number of carboxylic acid groups (broad SMARTS) is 1. The van der Waals surface area contributed by atoms with Crippen LogP contribution in [0.4, 0.5) is 4.39 Å². The van der Waals surface area contributed by atoms with Crippen molar-refractivity contribution in [2.24, 2.45) is 0 Å². The van der Waals surface area contributed by atoms with Crippen LogP contribution in [0.1, 0.15) is 10.4 Å². The van der Waals surface area contributed by atoms with E-state index in [1.54, 1.807) is 12.1 Å². The van der Waals surface area contributed by atoms with Gasteiger partial charge in [0, 0.05) is 18.1 Å². The summed E-state index contributed by atoms with van der Waals surface area (Å²) in [5.74, 6) is -2.27. The molecule has 0 radical (unpaired) electrons. The summed E-state index contributed by atoms with van der Waals surface area (Å²) in [5.41, 5.74) is 0.410. The van der Waals surface area contributed by atoms with Gasteiger partial charge in [0.05, 0.1) is 24.3 Å². The van der Waals surface area contributed by atoms with Crippen LogP contribution in [0, 0.1) is 5.82 Å². The van der Waals surface area contributed by atoms with Crippen LogP contribution in [0.3, 0.4) is 0 Å². The van der Waals surface area contributed by atoms with Crippen LogP contribution in [0.2, 0.25) is 0 Å². The van der Waals surface area contributed by atoms with Gasteiger partial charge in [-0.3, -0.25) is 9.78 Å². The fourth-order valence-electron chi connectivity index (χ4n) is 2.52. The average Bonchev–Trinajstić information content (AvgIpc) is 2.53. The van der Waals surface area contributed by atoms with E-state index in [0.717, 1.165) is 6.07 Å². The molecular weight excluding hydrogens is 291 g/mol. The quantitative estimate of drug-likeness (QED) is 0.904. The van der Waals surface area contributed by atoms with E-state index in [1.807, 2.05) is 0 Å². The van der Waals surface area contributed by atoms with Gasteiger partial charge in [0.15, 0.2) is 6.04 Å². The van der Waals surface area contributed by atoms with Crippen molar-refractivity contribution in [3.05, 3.63) is 41.8 Å². The van der Waals surface area contributed by atoms with Crippen molar-refractivity contribution < 1.29 is 23.8 Å². The van der Waals surface area contributed by atoms with Crippen molar-refractivity contribution in [2.45, 2.75) is 6.04 Å². The zero-order chi connectivity index (χ0) is 15.7. The highest BCUT2D eigenvalue weighted by atomic mass is 19.1. The van der Waals surface area contributed by atoms with Crippen LogP contribution in [0.25, 0.3) is 10.9 Å². The van der Waals surface area contributed by atoms with Crippen LogP contribution in [0.15, 0.2) is 30.5 Å². The minimum atomic E-state index is -1.15. The number of fused-ring (bicyclic) bond motifs is 1. The Kier molecular flexibility index (Phi) is 3.72. The van der Waals surface area contributed by atoms with Gasteiger partial charge in [0.1, 0.15) is 5.82 Å². The zero-order valence-corrected chi connectivity index (χ0v) is 11.5. The van der Waals surface area contributed by atoms with E-state index in [1.165, 1.54) is 17.2 Å². The fraction of sp³-hybridized carbons (Fsp3) is 0.267. The van der Waals surface area contributed by atoms with Crippen molar-refractivity contribution in [3.63, 3.8) is 0 Å². The minimum Gasteiger partial charge on any atom is -0.480 e. The standard InChI is InChI=1S/C15H13FN2O4/c16-10-6-9-2-1-3-17-13(9)11(7-10)14(19)18-4-5-22-8-12(18)15(20)21/h1-3,6-7,12H,4-5,8H2,(H,20,21). The fourth-order valence-corrected chi connectivity index (χ4v) is 2.52. The predicted molar refractivity (Wildman–Crippen MR) is 75.0 cm³/mol. The summed E-state index contributed by atoms with van der Waals surface area (Å²) in [6.07, 6.45) is 1.50. The Labute approximate surface area is 125 Å². The topological polar surface area (TPSA) is 79.7 Å². The van der Waals surface area contributed by atoms with Gasteiger partial charge < -0.3 is 14.7 Å². The monoisotopic (exact) mass is 304 g/mol. The second-order valence-electron chi connectivity index (χ2n) is 4.96. The van der Waals surface area contributed by atoms with Crippen molar-refractivity contribution in [3.8, 4) is 0 Å². The number of ether oxygens (including phenoxy) is 1. The first-order valence-electron chi connectivity index (χ1n) is 6.73. The number of amides is 1. The molecule has 1 aromatic heterocycles. The normalized spacial score (nSPS) is 18.4. The van der Waals surface area contributed by atoms with E-state index in [-0.39, 0.29) is 25.3 Å². The summed E-state index contributed by atoms with van der Waals surface area (Å²) in [6, 6.07) is 4.59. The molecule has 1 unspecified atom stereocenters. The smallest absolute Gasteiger partial charge is 0.328 e. The molecule has 22 heavy (non-hydrogen) atoms. The Hall–Kier alpha value is -2.54. The number of carbonyl (C=O) groups excluding carboxylic acids is 1. The molecule has 1 amide bonds. The van der Waals surface area contributed by atoms with Crippen LogP contribution in [-0.4, -0.2) is 52.7 Å². The molecule has 1 atom stereocenters. The number of pyridine rings is 1. The summed E-state index contributed by atoms with van der Waals surface area (Å²) in [4.78, 5) is 29.3. The predicted octanol–water partition coefficient (Wildman–Crippen LogP) is 1.30. The Balaban J connectivity index is 2.06. The second-order valence-corrected chi connectivity index (χ2v) is 4.96. The molecule has 0 aliphatic carbocycles. The maximum Gasteiger partial charge on any atom is 0.328 e. The van der Waals surface area contributed by atoms with Crippen molar-refractivity contribution in [1.29, 1.82) is 0 Å². The van der Waals surface area contributed by atoms with Gasteiger partial charge in [-0.25, -0.2) is 9.18 Å². The summed E-state index contributed by atoms with van der Waals surface area (Å²) in [6.45, 7) is 0.304. The second kappa shape index (κ2) is 5.69. The SMILES string of the molecule is O=C(O)C1COCCN1C(=O)c1cc(F)cc2cccnc12. The van der Waals surface area contributed by atoms with Crippen LogP contribution >= 0.6 is 0 Å². The van der Waals surface area contributed by atoms with Crippen molar-refractivity contribution in [2.75, 3.05) is 19.8 Å². The Morgan fingerprint density at radius 1 is 1.41 bits per heavy atom. The van der Waals surface area contributed by atoms with Gasteiger partial charge >= 0.3 is 5.97 Å². The van der Waals surface area contributed by atoms with E-state index < -0.39 is 23.7 Å². The molecule has 114 valence electrons. The third-order valence-electron chi connectivity index (χ3n) is 3.57. The highest BCUT2D eigenvalue weighted by Gasteiger charge is 2.34. The molecule has 0 spiro atoms. The molecule has 1 aliphatic rings. The number of halogens is 1. The molecule has 1 aromatic carbocycles. The first kappa shape index (κ1) is 14.4. The first-order valence-corrected chi connectivity index (χ1v) is 6.73. The molecule has 3 rings (SSSR count). The maximum absolute atomic E-state index is 13.7. The number of carbonyl (C=O) groups is 2. The van der Waals surface area contributed by atoms with Crippen LogP contribution < -0.4 is 0 Å². The van der Waals surface area contributed by atoms with Gasteiger partial charge in [0.2, 0.25) is 0 Å². The highest BCUT2D eigenvalue weighted by molar-refractivity contribution is 6.06. The summed E-state index contributed by atoms with van der Waals surface area (Å²) in [7, 11) is 0. The van der Waals surface area contributed by atoms with E-state index in [0.29, 0.717) is 10.9 Å². The Bertz CT molecular complexity index is 749. The summed E-state index contributed by atoms with van der Waals surface area (Å²) >= 11 is 0. The summed E-state index contributed by atoms with van der Waals surface area (Å²) in [5, 5.41) is 9.70. The molecule has 0 saturated carbocycles. The maximum atomic E-state index is 13.7. The number of nitrogens with zero attached hydrogens (tertiary/aromatic N) is 2. The van der Waals surface area contributed by atoms with Gasteiger partial charge in [-0.2, -0.15) is 0 Å². The van der Waals surface area contributed by atoms with Crippen molar-refractivity contribution in [1.82, 2.24) is 9.88 Å². The zero-order valence-electron chi connectivity index (χ0n) is 11.5. The lowest BCUT2D eigenvalue weighted by atomic mass is 10.1. The third-order valence-corrected chi connectivity index (χ3v) is 3.57. The molecule has 6 nitrogen and oxygen atoms in total. The number of hydrogen-bond acceptors (Lipinski definition) is 4. The number of morpholine rings is 1. The molecule has 1 aliphatic heterocycles. The summed E-state index contributed by atoms with van der Waals surface area (Å²) < 4.78 is 18.8. The number of benzene rings is 1. The average molecular weight is 304 g/mol. The molecule has 0 bridgehead atoms. The van der Waals surface area contributed by atoms with E-state index in [2.05, 4.69) is 4.98 Å². The molecule has 1 saturated heterocycles. The van der Waals surface area contributed by atoms with Crippen LogP contribution in [0.5, 0.6) is 0 Å². The Morgan fingerprint density at radius 2 is 2.23 bits per heavy atom. The lowest BCUT2D eigenvalue weighted by molar-refractivity contribution is -0.147. The van der Waals surface area contributed by atoms with Gasteiger partial charge in [-0.1, -0.05) is 6.07 Å². The van der Waals surface area contributed by atoms with Gasteiger partial charge in [-0.05, 0) is 18.2 Å². The lowest BCUT2D eigenvalue weighted by Crippen LogP contribution is -2.52. The van der Waals surface area contributed by atoms with Crippen molar-refractivity contribution >= 4 is 22.8 Å². The van der Waals surface area contributed by atoms with E-state index in [9.17, 15) is 19.1 Å². The lowest BCUT2D eigenvalue weighted by Gasteiger charge is -2.33. The molecule has 1 fully saturated rings. The molecule has 2 heterocycles. The highest BCUT2D eigenvalue weighted by Crippen LogP contribution is 2.22. The molecular formula is C15H13FN2O4.